The third-order valence-electron chi connectivity index (χ3n) is 3.76. The molecule has 0 spiro atoms. The Balaban J connectivity index is 2.12. The maximum Gasteiger partial charge on any atom is 0.270 e. The van der Waals surface area contributed by atoms with Crippen LogP contribution in [0.5, 0.6) is 5.75 Å². The molecular weight excluding hydrogens is 334 g/mol. The second-order valence-electron chi connectivity index (χ2n) is 5.22. The zero-order valence-electron chi connectivity index (χ0n) is 13.7. The van der Waals surface area contributed by atoms with E-state index in [9.17, 15) is 10.1 Å². The second kappa shape index (κ2) is 7.24. The van der Waals surface area contributed by atoms with Gasteiger partial charge in [0.05, 0.1) is 12.8 Å². The van der Waals surface area contributed by atoms with Crippen LogP contribution in [0.25, 0.3) is 22.4 Å². The Morgan fingerprint density at radius 1 is 1.12 bits per heavy atom. The van der Waals surface area contributed by atoms with Gasteiger partial charge >= 0.3 is 0 Å². The van der Waals surface area contributed by atoms with E-state index in [4.69, 9.17) is 4.74 Å². The van der Waals surface area contributed by atoms with Gasteiger partial charge in [0.25, 0.3) is 5.56 Å². The van der Waals surface area contributed by atoms with Crippen LogP contribution in [-0.4, -0.2) is 23.3 Å². The number of thioether (sulfide) groups is 1. The summed E-state index contributed by atoms with van der Waals surface area (Å²) in [6.45, 7) is 0. The van der Waals surface area contributed by atoms with Gasteiger partial charge < -0.3 is 9.72 Å². The summed E-state index contributed by atoms with van der Waals surface area (Å²) < 4.78 is 5.18. The summed E-state index contributed by atoms with van der Waals surface area (Å²) in [5.74, 6) is 0.785. The minimum Gasteiger partial charge on any atom is -0.497 e. The topological polar surface area (TPSA) is 78.8 Å². The molecule has 0 aliphatic carbocycles. The van der Waals surface area contributed by atoms with E-state index >= 15 is 0 Å². The number of aromatic nitrogens is 2. The molecule has 5 nitrogen and oxygen atoms in total. The Morgan fingerprint density at radius 3 is 2.48 bits per heavy atom. The van der Waals surface area contributed by atoms with Crippen molar-refractivity contribution in [3.8, 4) is 34.2 Å². The fourth-order valence-electron chi connectivity index (χ4n) is 2.49. The smallest absolute Gasteiger partial charge is 0.270 e. The lowest BCUT2D eigenvalue weighted by molar-refractivity contribution is 0.415. The number of ether oxygens (including phenoxy) is 1. The number of aromatic amines is 1. The second-order valence-corrected chi connectivity index (χ2v) is 6.01. The van der Waals surface area contributed by atoms with Gasteiger partial charge in [0.15, 0.2) is 5.16 Å². The number of hydrogen-bond acceptors (Lipinski definition) is 5. The molecule has 124 valence electrons. The molecule has 0 fully saturated rings. The molecule has 1 aromatic heterocycles. The quantitative estimate of drug-likeness (QED) is 0.574. The lowest BCUT2D eigenvalue weighted by Gasteiger charge is -2.08. The molecule has 0 radical (unpaired) electrons. The predicted molar refractivity (Wildman–Crippen MR) is 98.8 cm³/mol. The van der Waals surface area contributed by atoms with Gasteiger partial charge in [-0.2, -0.15) is 5.26 Å². The monoisotopic (exact) mass is 349 g/mol. The number of nitrogens with zero attached hydrogens (tertiary/aromatic N) is 2. The van der Waals surface area contributed by atoms with Crippen molar-refractivity contribution in [1.29, 1.82) is 5.26 Å². The molecule has 3 aromatic rings. The summed E-state index contributed by atoms with van der Waals surface area (Å²) in [7, 11) is 1.63. The van der Waals surface area contributed by atoms with E-state index in [1.807, 2.05) is 60.9 Å². The zero-order valence-corrected chi connectivity index (χ0v) is 14.6. The van der Waals surface area contributed by atoms with E-state index in [1.165, 1.54) is 11.8 Å². The Hall–Kier alpha value is -3.04. The molecule has 0 saturated carbocycles. The SMILES string of the molecule is COc1ccc(-c2cccc(-c3nc(SC)[nH]c(=O)c3C#N)c2)cc1. The highest BCUT2D eigenvalue weighted by molar-refractivity contribution is 7.98. The van der Waals surface area contributed by atoms with Gasteiger partial charge in [0.1, 0.15) is 17.4 Å². The third kappa shape index (κ3) is 3.42. The van der Waals surface area contributed by atoms with E-state index in [1.54, 1.807) is 7.11 Å². The number of methoxy groups -OCH3 is 1. The number of nitriles is 1. The Labute approximate surface area is 149 Å². The first kappa shape index (κ1) is 16.8. The number of H-pyrrole nitrogens is 1. The first-order chi connectivity index (χ1) is 12.2. The molecule has 2 aromatic carbocycles. The van der Waals surface area contributed by atoms with E-state index in [0.29, 0.717) is 10.9 Å². The zero-order chi connectivity index (χ0) is 17.8. The molecule has 3 rings (SSSR count). The summed E-state index contributed by atoms with van der Waals surface area (Å²) in [6, 6.07) is 17.3. The minimum atomic E-state index is -0.424. The van der Waals surface area contributed by atoms with Crippen molar-refractivity contribution < 1.29 is 4.74 Å². The van der Waals surface area contributed by atoms with Crippen LogP contribution in [0.15, 0.2) is 58.5 Å². The van der Waals surface area contributed by atoms with Crippen LogP contribution in [0.1, 0.15) is 5.56 Å². The van der Waals surface area contributed by atoms with E-state index < -0.39 is 5.56 Å². The molecule has 0 atom stereocenters. The lowest BCUT2D eigenvalue weighted by atomic mass is 10.00. The van der Waals surface area contributed by atoms with Crippen LogP contribution in [0.3, 0.4) is 0 Å². The molecule has 1 heterocycles. The van der Waals surface area contributed by atoms with Crippen molar-refractivity contribution >= 4 is 11.8 Å². The number of benzene rings is 2. The fourth-order valence-corrected chi connectivity index (χ4v) is 2.87. The highest BCUT2D eigenvalue weighted by Crippen LogP contribution is 2.28. The lowest BCUT2D eigenvalue weighted by Crippen LogP contribution is -2.14. The van der Waals surface area contributed by atoms with Gasteiger partial charge in [-0.3, -0.25) is 4.79 Å². The van der Waals surface area contributed by atoms with Crippen molar-refractivity contribution in [3.05, 3.63) is 64.4 Å². The van der Waals surface area contributed by atoms with E-state index in [2.05, 4.69) is 9.97 Å². The summed E-state index contributed by atoms with van der Waals surface area (Å²) in [5, 5.41) is 9.82. The standard InChI is InChI=1S/C19H15N3O2S/c1-24-15-8-6-12(7-9-15)13-4-3-5-14(10-13)17-16(11-20)18(23)22-19(21-17)25-2/h3-10H,1-2H3,(H,21,22,23). The van der Waals surface area contributed by atoms with E-state index in [-0.39, 0.29) is 5.56 Å². The molecule has 0 aliphatic rings. The predicted octanol–water partition coefficient (Wildman–Crippen LogP) is 3.71. The molecule has 25 heavy (non-hydrogen) atoms. The average Bonchev–Trinajstić information content (AvgIpc) is 2.67. The van der Waals surface area contributed by atoms with Crippen LogP contribution in [0, 0.1) is 11.3 Å². The Bertz CT molecular complexity index is 1000. The first-order valence-corrected chi connectivity index (χ1v) is 8.72. The molecule has 0 amide bonds. The Morgan fingerprint density at radius 2 is 1.84 bits per heavy atom. The maximum absolute atomic E-state index is 12.1. The van der Waals surface area contributed by atoms with Gasteiger partial charge in [-0.1, -0.05) is 42.1 Å². The van der Waals surface area contributed by atoms with Crippen molar-refractivity contribution in [2.75, 3.05) is 13.4 Å². The van der Waals surface area contributed by atoms with Gasteiger partial charge in [0, 0.05) is 5.56 Å². The van der Waals surface area contributed by atoms with Gasteiger partial charge in [-0.15, -0.1) is 0 Å². The van der Waals surface area contributed by atoms with Crippen molar-refractivity contribution in [1.82, 2.24) is 9.97 Å². The fraction of sp³-hybridized carbons (Fsp3) is 0.105. The van der Waals surface area contributed by atoms with Gasteiger partial charge in [0.2, 0.25) is 0 Å². The van der Waals surface area contributed by atoms with Gasteiger partial charge in [-0.25, -0.2) is 4.98 Å². The van der Waals surface area contributed by atoms with E-state index in [0.717, 1.165) is 22.4 Å². The van der Waals surface area contributed by atoms with Crippen molar-refractivity contribution in [2.45, 2.75) is 5.16 Å². The first-order valence-electron chi connectivity index (χ1n) is 7.49. The summed E-state index contributed by atoms with van der Waals surface area (Å²) in [5.41, 5.74) is 2.70. The van der Waals surface area contributed by atoms with Crippen LogP contribution in [-0.2, 0) is 0 Å². The maximum atomic E-state index is 12.1. The molecule has 6 heteroatoms. The Kier molecular flexibility index (Phi) is 4.87. The molecular formula is C19H15N3O2S. The average molecular weight is 349 g/mol. The normalized spacial score (nSPS) is 10.3. The van der Waals surface area contributed by atoms with Crippen LogP contribution in [0.4, 0.5) is 0 Å². The summed E-state index contributed by atoms with van der Waals surface area (Å²) in [4.78, 5) is 19.1. The highest BCUT2D eigenvalue weighted by atomic mass is 32.2. The molecule has 1 N–H and O–H groups in total. The minimum absolute atomic E-state index is 0.0182. The largest absolute Gasteiger partial charge is 0.497 e. The van der Waals surface area contributed by atoms with Crippen LogP contribution >= 0.6 is 11.8 Å². The van der Waals surface area contributed by atoms with Crippen molar-refractivity contribution in [2.24, 2.45) is 0 Å². The highest BCUT2D eigenvalue weighted by Gasteiger charge is 2.13. The third-order valence-corrected chi connectivity index (χ3v) is 4.34. The van der Waals surface area contributed by atoms with Crippen LogP contribution < -0.4 is 10.3 Å². The number of nitrogens with one attached hydrogen (secondary N) is 1. The number of rotatable bonds is 4. The molecule has 0 saturated heterocycles. The summed E-state index contributed by atoms with van der Waals surface area (Å²) in [6.07, 6.45) is 1.82. The molecule has 0 aliphatic heterocycles. The molecule has 0 bridgehead atoms. The summed E-state index contributed by atoms with van der Waals surface area (Å²) >= 11 is 1.33. The molecule has 0 unspecified atom stereocenters. The van der Waals surface area contributed by atoms with Crippen molar-refractivity contribution in [3.63, 3.8) is 0 Å². The van der Waals surface area contributed by atoms with Gasteiger partial charge in [-0.05, 0) is 35.6 Å². The van der Waals surface area contributed by atoms with Crippen LogP contribution in [0.2, 0.25) is 0 Å². The number of hydrogen-bond donors (Lipinski definition) is 1.